The Morgan fingerprint density at radius 2 is 1.75 bits per heavy atom. The zero-order chi connectivity index (χ0) is 14.5. The van der Waals surface area contributed by atoms with Crippen molar-refractivity contribution in [3.05, 3.63) is 47.5 Å². The van der Waals surface area contributed by atoms with Crippen LogP contribution in [0.1, 0.15) is 11.1 Å². The van der Waals surface area contributed by atoms with Crippen molar-refractivity contribution in [2.75, 3.05) is 19.5 Å². The molecule has 4 heteroatoms. The van der Waals surface area contributed by atoms with Crippen LogP contribution in [0.3, 0.4) is 0 Å². The summed E-state index contributed by atoms with van der Waals surface area (Å²) in [5.74, 6) is 1.43. The molecule has 4 nitrogen and oxygen atoms in total. The summed E-state index contributed by atoms with van der Waals surface area (Å²) in [7, 11) is 3.19. The van der Waals surface area contributed by atoms with Gasteiger partial charge in [0.05, 0.1) is 19.9 Å². The molecule has 0 aromatic heterocycles. The third-order valence-electron chi connectivity index (χ3n) is 3.08. The van der Waals surface area contributed by atoms with Gasteiger partial charge in [-0.3, -0.25) is 0 Å². The number of aryl methyl sites for hydroxylation is 1. The molecule has 0 atom stereocenters. The Morgan fingerprint density at radius 1 is 1.00 bits per heavy atom. The topological polar surface area (TPSA) is 50.7 Å². The molecule has 2 aromatic carbocycles. The first kappa shape index (κ1) is 14.1. The Balaban J connectivity index is 2.12. The Labute approximate surface area is 119 Å². The van der Waals surface area contributed by atoms with Gasteiger partial charge in [-0.05, 0) is 42.3 Å². The van der Waals surface area contributed by atoms with E-state index in [2.05, 4.69) is 5.32 Å². The molecule has 0 amide bonds. The van der Waals surface area contributed by atoms with Gasteiger partial charge in [0.1, 0.15) is 5.75 Å². The maximum Gasteiger partial charge on any atom is 0.160 e. The van der Waals surface area contributed by atoms with E-state index in [1.165, 1.54) is 7.11 Å². The number of hydrogen-bond acceptors (Lipinski definition) is 4. The lowest BCUT2D eigenvalue weighted by atomic mass is 10.1. The van der Waals surface area contributed by atoms with Gasteiger partial charge >= 0.3 is 0 Å². The van der Waals surface area contributed by atoms with Gasteiger partial charge in [0.15, 0.2) is 11.5 Å². The zero-order valence-corrected chi connectivity index (χ0v) is 11.9. The van der Waals surface area contributed by atoms with Gasteiger partial charge in [-0.25, -0.2) is 0 Å². The highest BCUT2D eigenvalue weighted by Gasteiger charge is 2.05. The number of nitrogens with one attached hydrogen (secondary N) is 1. The molecule has 2 rings (SSSR count). The molecule has 2 aromatic rings. The summed E-state index contributed by atoms with van der Waals surface area (Å²) in [5.41, 5.74) is 3.10. The summed E-state index contributed by atoms with van der Waals surface area (Å²) in [6, 6.07) is 11.3. The molecule has 20 heavy (non-hydrogen) atoms. The van der Waals surface area contributed by atoms with Crippen molar-refractivity contribution in [2.24, 2.45) is 0 Å². The van der Waals surface area contributed by atoms with Crippen LogP contribution in [0.4, 0.5) is 5.69 Å². The number of rotatable bonds is 5. The number of anilines is 1. The van der Waals surface area contributed by atoms with Crippen molar-refractivity contribution in [3.63, 3.8) is 0 Å². The zero-order valence-electron chi connectivity index (χ0n) is 11.9. The number of ether oxygens (including phenoxy) is 2. The van der Waals surface area contributed by atoms with E-state index in [-0.39, 0.29) is 5.75 Å². The summed E-state index contributed by atoms with van der Waals surface area (Å²) in [5, 5.41) is 12.9. The molecule has 0 fully saturated rings. The Hall–Kier alpha value is -2.36. The monoisotopic (exact) mass is 273 g/mol. The molecule has 0 spiro atoms. The first-order valence-electron chi connectivity index (χ1n) is 6.38. The van der Waals surface area contributed by atoms with E-state index in [1.54, 1.807) is 13.2 Å². The van der Waals surface area contributed by atoms with E-state index in [0.29, 0.717) is 12.3 Å². The molecule has 0 unspecified atom stereocenters. The summed E-state index contributed by atoms with van der Waals surface area (Å²) in [6.45, 7) is 2.65. The van der Waals surface area contributed by atoms with Crippen LogP contribution >= 0.6 is 0 Å². The standard InChI is InChI=1S/C16H19NO3/c1-11-4-6-13(15(8-11)19-2)17-10-12-5-7-14(18)16(9-12)20-3/h4-9,17-18H,10H2,1-3H3. The highest BCUT2D eigenvalue weighted by Crippen LogP contribution is 2.28. The average Bonchev–Trinajstić information content (AvgIpc) is 2.47. The second-order valence-corrected chi connectivity index (χ2v) is 4.56. The third kappa shape index (κ3) is 3.15. The second kappa shape index (κ2) is 6.19. The van der Waals surface area contributed by atoms with Crippen LogP contribution in [0.25, 0.3) is 0 Å². The van der Waals surface area contributed by atoms with Crippen molar-refractivity contribution >= 4 is 5.69 Å². The highest BCUT2D eigenvalue weighted by atomic mass is 16.5. The molecule has 0 aliphatic carbocycles. The predicted molar refractivity (Wildman–Crippen MR) is 79.7 cm³/mol. The number of aromatic hydroxyl groups is 1. The maximum atomic E-state index is 9.57. The quantitative estimate of drug-likeness (QED) is 0.877. The van der Waals surface area contributed by atoms with Crippen LogP contribution in [0, 0.1) is 6.92 Å². The summed E-state index contributed by atoms with van der Waals surface area (Å²) < 4.78 is 10.4. The molecule has 2 N–H and O–H groups in total. The van der Waals surface area contributed by atoms with E-state index in [4.69, 9.17) is 9.47 Å². The van der Waals surface area contributed by atoms with Gasteiger partial charge in [0.2, 0.25) is 0 Å². The van der Waals surface area contributed by atoms with E-state index >= 15 is 0 Å². The first-order valence-corrected chi connectivity index (χ1v) is 6.38. The molecular weight excluding hydrogens is 254 g/mol. The minimum absolute atomic E-state index is 0.143. The largest absolute Gasteiger partial charge is 0.504 e. The molecule has 106 valence electrons. The Morgan fingerprint density at radius 3 is 2.45 bits per heavy atom. The van der Waals surface area contributed by atoms with Crippen molar-refractivity contribution in [1.82, 2.24) is 0 Å². The smallest absolute Gasteiger partial charge is 0.160 e. The molecule has 0 aliphatic heterocycles. The number of phenols is 1. The molecule has 0 aliphatic rings. The van der Waals surface area contributed by atoms with Crippen LogP contribution < -0.4 is 14.8 Å². The fourth-order valence-electron chi connectivity index (χ4n) is 1.97. The number of hydrogen-bond donors (Lipinski definition) is 2. The lowest BCUT2D eigenvalue weighted by Gasteiger charge is -2.12. The summed E-state index contributed by atoms with van der Waals surface area (Å²) in [6.07, 6.45) is 0. The average molecular weight is 273 g/mol. The molecule has 0 heterocycles. The van der Waals surface area contributed by atoms with Crippen LogP contribution in [0.5, 0.6) is 17.2 Å². The van der Waals surface area contributed by atoms with Crippen molar-refractivity contribution in [1.29, 1.82) is 0 Å². The molecular formula is C16H19NO3. The van der Waals surface area contributed by atoms with Crippen LogP contribution in [0.2, 0.25) is 0 Å². The van der Waals surface area contributed by atoms with Crippen molar-refractivity contribution in [3.8, 4) is 17.2 Å². The fourth-order valence-corrected chi connectivity index (χ4v) is 1.97. The number of methoxy groups -OCH3 is 2. The van der Waals surface area contributed by atoms with E-state index < -0.39 is 0 Å². The van der Waals surface area contributed by atoms with Gasteiger partial charge < -0.3 is 19.9 Å². The summed E-state index contributed by atoms with van der Waals surface area (Å²) in [4.78, 5) is 0. The Kier molecular flexibility index (Phi) is 4.35. The third-order valence-corrected chi connectivity index (χ3v) is 3.08. The number of benzene rings is 2. The van der Waals surface area contributed by atoms with Crippen molar-refractivity contribution in [2.45, 2.75) is 13.5 Å². The fraction of sp³-hybridized carbons (Fsp3) is 0.250. The second-order valence-electron chi connectivity index (χ2n) is 4.56. The first-order chi connectivity index (χ1) is 9.63. The minimum Gasteiger partial charge on any atom is -0.504 e. The van der Waals surface area contributed by atoms with E-state index in [1.807, 2.05) is 37.3 Å². The predicted octanol–water partition coefficient (Wildman–Crippen LogP) is 3.33. The SMILES string of the molecule is COc1cc(CNc2ccc(C)cc2OC)ccc1O. The van der Waals surface area contributed by atoms with Gasteiger partial charge in [0, 0.05) is 6.54 Å². The normalized spacial score (nSPS) is 10.2. The highest BCUT2D eigenvalue weighted by molar-refractivity contribution is 5.58. The van der Waals surface area contributed by atoms with Crippen LogP contribution in [0.15, 0.2) is 36.4 Å². The lowest BCUT2D eigenvalue weighted by molar-refractivity contribution is 0.373. The molecule has 0 radical (unpaired) electrons. The molecule has 0 saturated heterocycles. The van der Waals surface area contributed by atoms with Crippen LogP contribution in [-0.2, 0) is 6.54 Å². The van der Waals surface area contributed by atoms with Crippen molar-refractivity contribution < 1.29 is 14.6 Å². The van der Waals surface area contributed by atoms with E-state index in [0.717, 1.165) is 22.6 Å². The lowest BCUT2D eigenvalue weighted by Crippen LogP contribution is -2.02. The summed E-state index contributed by atoms with van der Waals surface area (Å²) >= 11 is 0. The minimum atomic E-state index is 0.143. The maximum absolute atomic E-state index is 9.57. The van der Waals surface area contributed by atoms with E-state index in [9.17, 15) is 5.11 Å². The molecule has 0 bridgehead atoms. The van der Waals surface area contributed by atoms with Gasteiger partial charge in [-0.2, -0.15) is 0 Å². The Bertz CT molecular complexity index is 596. The van der Waals surface area contributed by atoms with Gasteiger partial charge in [-0.15, -0.1) is 0 Å². The van der Waals surface area contributed by atoms with Gasteiger partial charge in [0.25, 0.3) is 0 Å². The van der Waals surface area contributed by atoms with Gasteiger partial charge in [-0.1, -0.05) is 12.1 Å². The molecule has 0 saturated carbocycles. The van der Waals surface area contributed by atoms with Crippen LogP contribution in [-0.4, -0.2) is 19.3 Å². The number of phenolic OH excluding ortho intramolecular Hbond substituents is 1.